The lowest BCUT2D eigenvalue weighted by Gasteiger charge is -2.24. The van der Waals surface area contributed by atoms with Gasteiger partial charge in [-0.05, 0) is 31.4 Å². The lowest BCUT2D eigenvalue weighted by Crippen LogP contribution is -2.41. The molecule has 2 fully saturated rings. The van der Waals surface area contributed by atoms with Crippen LogP contribution in [0.15, 0.2) is 35.4 Å². The number of likely N-dealkylation sites (tertiary alicyclic amines) is 1. The summed E-state index contributed by atoms with van der Waals surface area (Å²) in [7, 11) is 3.45. The van der Waals surface area contributed by atoms with E-state index in [1.807, 2.05) is 6.07 Å². The van der Waals surface area contributed by atoms with Crippen molar-refractivity contribution in [3.63, 3.8) is 0 Å². The quantitative estimate of drug-likeness (QED) is 0.475. The molecule has 3 aromatic heterocycles. The summed E-state index contributed by atoms with van der Waals surface area (Å²) in [5, 5.41) is 13.5. The maximum atomic E-state index is 13.2. The maximum absolute atomic E-state index is 13.2. The third-order valence-corrected chi connectivity index (χ3v) is 6.52. The molecule has 1 atom stereocenters. The van der Waals surface area contributed by atoms with E-state index in [1.54, 1.807) is 41.9 Å². The highest BCUT2D eigenvalue weighted by molar-refractivity contribution is 5.97. The van der Waals surface area contributed by atoms with Crippen molar-refractivity contribution in [2.45, 2.75) is 31.3 Å². The van der Waals surface area contributed by atoms with Crippen molar-refractivity contribution in [3.8, 4) is 0 Å². The van der Waals surface area contributed by atoms with E-state index in [-0.39, 0.29) is 23.2 Å². The molecule has 0 radical (unpaired) electrons. The fourth-order valence-corrected chi connectivity index (χ4v) is 4.55. The molecule has 35 heavy (non-hydrogen) atoms. The third-order valence-electron chi connectivity index (χ3n) is 6.52. The number of fused-ring (bicyclic) bond motifs is 1. The van der Waals surface area contributed by atoms with Crippen molar-refractivity contribution in [3.05, 3.63) is 46.6 Å². The van der Waals surface area contributed by atoms with Crippen molar-refractivity contribution < 1.29 is 14.3 Å². The average molecular weight is 481 g/mol. The van der Waals surface area contributed by atoms with Crippen molar-refractivity contribution in [2.75, 3.05) is 44.5 Å². The smallest absolute Gasteiger partial charge is 0.274 e. The average Bonchev–Trinajstić information content (AvgIpc) is 3.44. The Bertz CT molecular complexity index is 1330. The van der Waals surface area contributed by atoms with E-state index >= 15 is 0 Å². The van der Waals surface area contributed by atoms with Crippen LogP contribution in [0.25, 0.3) is 5.65 Å². The molecule has 2 aliphatic rings. The van der Waals surface area contributed by atoms with Crippen LogP contribution in [-0.4, -0.2) is 75.8 Å². The van der Waals surface area contributed by atoms with Gasteiger partial charge in [-0.15, -0.1) is 5.10 Å². The van der Waals surface area contributed by atoms with Gasteiger partial charge >= 0.3 is 0 Å². The molecule has 184 valence electrons. The first-order chi connectivity index (χ1) is 17.0. The largest absolute Gasteiger partial charge is 0.385 e. The number of pyridine rings is 1. The molecule has 0 unspecified atom stereocenters. The Labute approximate surface area is 201 Å². The van der Waals surface area contributed by atoms with Crippen LogP contribution in [0.1, 0.15) is 35.8 Å². The van der Waals surface area contributed by atoms with Crippen molar-refractivity contribution in [1.82, 2.24) is 29.4 Å². The number of likely N-dealkylation sites (N-methyl/N-ethyl adjacent to an activating group) is 1. The summed E-state index contributed by atoms with van der Waals surface area (Å²) in [5.41, 5.74) is 1.48. The Morgan fingerprint density at radius 1 is 1.17 bits per heavy atom. The summed E-state index contributed by atoms with van der Waals surface area (Å²) >= 11 is 0. The Hall–Kier alpha value is -3.93. The van der Waals surface area contributed by atoms with Gasteiger partial charge in [0.05, 0.1) is 11.9 Å². The molecule has 0 aliphatic carbocycles. The molecule has 3 N–H and O–H groups in total. The number of rotatable bonds is 6. The van der Waals surface area contributed by atoms with E-state index in [1.165, 1.54) is 10.7 Å². The second kappa shape index (κ2) is 9.37. The van der Waals surface area contributed by atoms with Crippen LogP contribution in [0.5, 0.6) is 0 Å². The first-order valence-electron chi connectivity index (χ1n) is 11.6. The summed E-state index contributed by atoms with van der Waals surface area (Å²) in [6.07, 6.45) is 5.33. The molecule has 5 heterocycles. The van der Waals surface area contributed by atoms with Gasteiger partial charge in [-0.3, -0.25) is 14.4 Å². The van der Waals surface area contributed by atoms with E-state index in [9.17, 15) is 14.4 Å². The van der Waals surface area contributed by atoms with Gasteiger partial charge in [0.25, 0.3) is 11.5 Å². The van der Waals surface area contributed by atoms with E-state index in [0.717, 1.165) is 12.8 Å². The Morgan fingerprint density at radius 2 is 1.97 bits per heavy atom. The highest BCUT2D eigenvalue weighted by Crippen LogP contribution is 2.23. The molecular weight excluding hydrogens is 452 g/mol. The molecule has 12 heteroatoms. The van der Waals surface area contributed by atoms with Gasteiger partial charge in [-0.25, -0.2) is 9.50 Å². The number of aromatic nitrogens is 4. The molecule has 3 aromatic rings. The SMILES string of the molecule is CNc1cc(Nc2cccn(C3CCOCC3)c2=O)nn2c(C(=O)N[C@@H]3CCN(C)C3=O)cnc12. The molecule has 0 saturated carbocycles. The van der Waals surface area contributed by atoms with Crippen LogP contribution in [0.3, 0.4) is 0 Å². The van der Waals surface area contributed by atoms with Crippen LogP contribution < -0.4 is 21.5 Å². The fraction of sp³-hybridized carbons (Fsp3) is 0.435. The molecule has 12 nitrogen and oxygen atoms in total. The zero-order valence-corrected chi connectivity index (χ0v) is 19.7. The molecule has 0 aromatic carbocycles. The normalized spacial score (nSPS) is 18.7. The van der Waals surface area contributed by atoms with Crippen LogP contribution in [0.4, 0.5) is 17.2 Å². The van der Waals surface area contributed by atoms with E-state index in [4.69, 9.17) is 4.74 Å². The number of nitrogens with one attached hydrogen (secondary N) is 3. The number of carbonyl (C=O) groups excluding carboxylic acids is 2. The lowest BCUT2D eigenvalue weighted by molar-refractivity contribution is -0.128. The number of nitrogens with zero attached hydrogens (tertiary/aromatic N) is 5. The lowest BCUT2D eigenvalue weighted by atomic mass is 10.1. The predicted molar refractivity (Wildman–Crippen MR) is 129 cm³/mol. The zero-order chi connectivity index (χ0) is 24.5. The number of amides is 2. The predicted octanol–water partition coefficient (Wildman–Crippen LogP) is 0.988. The molecule has 0 spiro atoms. The Morgan fingerprint density at radius 3 is 2.69 bits per heavy atom. The minimum Gasteiger partial charge on any atom is -0.385 e. The van der Waals surface area contributed by atoms with Gasteiger partial charge in [0, 0.05) is 52.2 Å². The number of ether oxygens (including phenoxy) is 1. The summed E-state index contributed by atoms with van der Waals surface area (Å²) < 4.78 is 8.56. The maximum Gasteiger partial charge on any atom is 0.274 e. The van der Waals surface area contributed by atoms with Gasteiger partial charge in [0.15, 0.2) is 17.2 Å². The van der Waals surface area contributed by atoms with Gasteiger partial charge in [0.1, 0.15) is 11.7 Å². The first kappa shape index (κ1) is 22.8. The molecule has 2 aliphatic heterocycles. The summed E-state index contributed by atoms with van der Waals surface area (Å²) in [4.78, 5) is 44.3. The van der Waals surface area contributed by atoms with Gasteiger partial charge in [0.2, 0.25) is 5.91 Å². The topological polar surface area (TPSA) is 135 Å². The number of carbonyl (C=O) groups is 2. The van der Waals surface area contributed by atoms with Crippen LogP contribution >= 0.6 is 0 Å². The summed E-state index contributed by atoms with van der Waals surface area (Å²) in [6, 6.07) is 4.76. The van der Waals surface area contributed by atoms with E-state index in [0.29, 0.717) is 49.0 Å². The number of hydrogen-bond donors (Lipinski definition) is 3. The minimum absolute atomic E-state index is 0.0857. The standard InChI is InChI=1S/C23H28N8O4/c1-24-17-12-19(26-15-4-3-8-30(23(15)34)14-6-10-35-11-7-14)28-31-18(13-25-20(17)31)21(32)27-16-5-9-29(2)22(16)33/h3-4,8,12-14,16,24H,5-7,9-11H2,1-2H3,(H,26,28)(H,27,32)/t16-/m1/s1. The summed E-state index contributed by atoms with van der Waals surface area (Å²) in [6.45, 7) is 1.86. The van der Waals surface area contributed by atoms with Gasteiger partial charge in [-0.1, -0.05) is 0 Å². The molecular formula is C23H28N8O4. The summed E-state index contributed by atoms with van der Waals surface area (Å²) in [5.74, 6) is -0.199. The van der Waals surface area contributed by atoms with Crippen LogP contribution in [0.2, 0.25) is 0 Å². The Balaban J connectivity index is 1.45. The van der Waals surface area contributed by atoms with Crippen LogP contribution in [-0.2, 0) is 9.53 Å². The van der Waals surface area contributed by atoms with Gasteiger partial charge in [-0.2, -0.15) is 0 Å². The van der Waals surface area contributed by atoms with Gasteiger partial charge < -0.3 is 30.2 Å². The minimum atomic E-state index is -0.573. The van der Waals surface area contributed by atoms with Crippen molar-refractivity contribution >= 4 is 34.7 Å². The second-order valence-corrected chi connectivity index (χ2v) is 8.75. The van der Waals surface area contributed by atoms with Crippen molar-refractivity contribution in [1.29, 1.82) is 0 Å². The Kier molecular flexibility index (Phi) is 6.12. The fourth-order valence-electron chi connectivity index (χ4n) is 4.55. The highest BCUT2D eigenvalue weighted by Gasteiger charge is 2.31. The third kappa shape index (κ3) is 4.32. The molecule has 5 rings (SSSR count). The highest BCUT2D eigenvalue weighted by atomic mass is 16.5. The number of anilines is 3. The zero-order valence-electron chi connectivity index (χ0n) is 19.7. The van der Waals surface area contributed by atoms with E-state index < -0.39 is 11.9 Å². The second-order valence-electron chi connectivity index (χ2n) is 8.75. The molecule has 0 bridgehead atoms. The molecule has 2 amide bonds. The van der Waals surface area contributed by atoms with Crippen LogP contribution in [0, 0.1) is 0 Å². The molecule has 2 saturated heterocycles. The van der Waals surface area contributed by atoms with E-state index in [2.05, 4.69) is 26.0 Å². The monoisotopic (exact) mass is 480 g/mol. The first-order valence-corrected chi connectivity index (χ1v) is 11.6. The van der Waals surface area contributed by atoms with Crippen molar-refractivity contribution in [2.24, 2.45) is 0 Å². The number of imidazole rings is 1. The number of hydrogen-bond acceptors (Lipinski definition) is 8.